The first-order chi connectivity index (χ1) is 15.0. The predicted octanol–water partition coefficient (Wildman–Crippen LogP) is 5.23. The fourth-order valence-corrected chi connectivity index (χ4v) is 5.21. The molecule has 0 spiro atoms. The summed E-state index contributed by atoms with van der Waals surface area (Å²) in [5.74, 6) is -0.00127. The lowest BCUT2D eigenvalue weighted by Gasteiger charge is -2.40. The van der Waals surface area contributed by atoms with Crippen molar-refractivity contribution in [2.75, 3.05) is 13.1 Å². The summed E-state index contributed by atoms with van der Waals surface area (Å²) in [6, 6.07) is 23.1. The van der Waals surface area contributed by atoms with E-state index in [4.69, 9.17) is 11.6 Å². The fourth-order valence-electron chi connectivity index (χ4n) is 4.82. The summed E-state index contributed by atoms with van der Waals surface area (Å²) in [6.07, 6.45) is 1.02. The number of halogens is 2. The maximum atomic E-state index is 13.5. The highest BCUT2D eigenvalue weighted by atomic mass is 79.9. The summed E-state index contributed by atoms with van der Waals surface area (Å²) in [5.41, 5.74) is 2.58. The van der Waals surface area contributed by atoms with Gasteiger partial charge in [0.15, 0.2) is 5.66 Å². The monoisotopic (exact) mass is 494 g/mol. The first kappa shape index (κ1) is 20.3. The zero-order valence-electron chi connectivity index (χ0n) is 16.7. The van der Waals surface area contributed by atoms with Crippen LogP contribution in [0.5, 0.6) is 0 Å². The smallest absolute Gasteiger partial charge is 0.256 e. The molecule has 1 saturated heterocycles. The van der Waals surface area contributed by atoms with E-state index in [1.54, 1.807) is 0 Å². The van der Waals surface area contributed by atoms with Crippen LogP contribution in [0.2, 0.25) is 5.02 Å². The molecule has 0 bridgehead atoms. The Labute approximate surface area is 194 Å². The molecule has 2 heterocycles. The minimum Gasteiger partial charge on any atom is -0.310 e. The standard InChI is InChI=1S/C25H20BrClN2O2/c26-19-10-5-17(6-11-19)7-14-23(30)28-15-16-29-24(31)21-3-1-2-4-22(21)25(28,29)18-8-12-20(27)13-9-18/h1-6,8-13H,7,14-16H2. The van der Waals surface area contributed by atoms with E-state index in [0.29, 0.717) is 36.5 Å². The van der Waals surface area contributed by atoms with Gasteiger partial charge in [-0.15, -0.1) is 0 Å². The molecule has 2 amide bonds. The molecule has 31 heavy (non-hydrogen) atoms. The Morgan fingerprint density at radius 2 is 1.68 bits per heavy atom. The third kappa shape index (κ3) is 3.19. The Balaban J connectivity index is 1.55. The molecule has 2 aliphatic heterocycles. The summed E-state index contributed by atoms with van der Waals surface area (Å²) in [7, 11) is 0. The SMILES string of the molecule is O=C(CCc1ccc(Br)cc1)N1CCN2C(=O)c3ccccc3C12c1ccc(Cl)cc1. The van der Waals surface area contributed by atoms with Gasteiger partial charge in [-0.25, -0.2) is 0 Å². The van der Waals surface area contributed by atoms with Crippen LogP contribution in [0, 0.1) is 0 Å². The van der Waals surface area contributed by atoms with Gasteiger partial charge in [0.05, 0.1) is 0 Å². The quantitative estimate of drug-likeness (QED) is 0.497. The van der Waals surface area contributed by atoms with Crippen LogP contribution in [-0.2, 0) is 16.9 Å². The molecule has 156 valence electrons. The molecule has 0 radical (unpaired) electrons. The van der Waals surface area contributed by atoms with Gasteiger partial charge in [0.25, 0.3) is 5.91 Å². The van der Waals surface area contributed by atoms with Crippen LogP contribution in [0.4, 0.5) is 0 Å². The second-order valence-electron chi connectivity index (χ2n) is 7.85. The molecule has 1 atom stereocenters. The summed E-state index contributed by atoms with van der Waals surface area (Å²) in [4.78, 5) is 30.5. The third-order valence-electron chi connectivity index (χ3n) is 6.20. The van der Waals surface area contributed by atoms with Crippen molar-refractivity contribution in [1.29, 1.82) is 0 Å². The Morgan fingerprint density at radius 1 is 0.968 bits per heavy atom. The van der Waals surface area contributed by atoms with E-state index < -0.39 is 5.66 Å². The molecular weight excluding hydrogens is 476 g/mol. The Kier molecular flexibility index (Phi) is 5.11. The molecule has 2 aliphatic rings. The summed E-state index contributed by atoms with van der Waals surface area (Å²) < 4.78 is 1.01. The van der Waals surface area contributed by atoms with Gasteiger partial charge < -0.3 is 9.80 Å². The van der Waals surface area contributed by atoms with E-state index in [0.717, 1.165) is 21.2 Å². The lowest BCUT2D eigenvalue weighted by molar-refractivity contribution is -0.136. The normalized spacial score (nSPS) is 19.5. The minimum absolute atomic E-state index is 0.0323. The lowest BCUT2D eigenvalue weighted by Crippen LogP contribution is -2.51. The molecule has 3 aromatic carbocycles. The van der Waals surface area contributed by atoms with Gasteiger partial charge in [0.1, 0.15) is 0 Å². The molecule has 3 aromatic rings. The van der Waals surface area contributed by atoms with Crippen molar-refractivity contribution < 1.29 is 9.59 Å². The highest BCUT2D eigenvalue weighted by Gasteiger charge is 2.59. The number of benzene rings is 3. The molecule has 1 fully saturated rings. The summed E-state index contributed by atoms with van der Waals surface area (Å²) in [6.45, 7) is 1.00. The Morgan fingerprint density at radius 3 is 2.42 bits per heavy atom. The van der Waals surface area contributed by atoms with E-state index in [1.807, 2.05) is 82.6 Å². The second kappa shape index (κ2) is 7.81. The predicted molar refractivity (Wildman–Crippen MR) is 124 cm³/mol. The van der Waals surface area contributed by atoms with Gasteiger partial charge in [0, 0.05) is 45.7 Å². The van der Waals surface area contributed by atoms with Gasteiger partial charge >= 0.3 is 0 Å². The molecule has 1 unspecified atom stereocenters. The first-order valence-corrected chi connectivity index (χ1v) is 11.4. The van der Waals surface area contributed by atoms with Gasteiger partial charge in [-0.1, -0.05) is 70.0 Å². The minimum atomic E-state index is -0.922. The number of nitrogens with zero attached hydrogens (tertiary/aromatic N) is 2. The van der Waals surface area contributed by atoms with Gasteiger partial charge in [0.2, 0.25) is 5.91 Å². The number of hydrogen-bond donors (Lipinski definition) is 0. The molecule has 0 aromatic heterocycles. The van der Waals surface area contributed by atoms with Crippen molar-refractivity contribution in [2.24, 2.45) is 0 Å². The van der Waals surface area contributed by atoms with Crippen molar-refractivity contribution in [1.82, 2.24) is 9.80 Å². The number of carbonyl (C=O) groups is 2. The van der Waals surface area contributed by atoms with Gasteiger partial charge in [-0.2, -0.15) is 0 Å². The molecule has 0 N–H and O–H groups in total. The number of hydrogen-bond acceptors (Lipinski definition) is 2. The van der Waals surface area contributed by atoms with Crippen LogP contribution in [0.25, 0.3) is 0 Å². The van der Waals surface area contributed by atoms with Crippen LogP contribution in [-0.4, -0.2) is 34.7 Å². The van der Waals surface area contributed by atoms with Crippen LogP contribution in [0.3, 0.4) is 0 Å². The second-order valence-corrected chi connectivity index (χ2v) is 9.21. The zero-order chi connectivity index (χ0) is 21.6. The number of carbonyl (C=O) groups excluding carboxylic acids is 2. The van der Waals surface area contributed by atoms with Crippen molar-refractivity contribution in [3.8, 4) is 0 Å². The van der Waals surface area contributed by atoms with Crippen LogP contribution in [0.1, 0.15) is 33.5 Å². The van der Waals surface area contributed by atoms with Crippen molar-refractivity contribution in [3.63, 3.8) is 0 Å². The average molecular weight is 496 g/mol. The summed E-state index contributed by atoms with van der Waals surface area (Å²) in [5, 5.41) is 0.621. The number of rotatable bonds is 4. The van der Waals surface area contributed by atoms with Crippen molar-refractivity contribution in [3.05, 3.63) is 105 Å². The van der Waals surface area contributed by atoms with Crippen LogP contribution in [0.15, 0.2) is 77.3 Å². The molecule has 6 heteroatoms. The Hall–Kier alpha value is -2.63. The maximum Gasteiger partial charge on any atom is 0.256 e. The van der Waals surface area contributed by atoms with E-state index in [9.17, 15) is 9.59 Å². The van der Waals surface area contributed by atoms with E-state index in [1.165, 1.54) is 0 Å². The van der Waals surface area contributed by atoms with E-state index in [2.05, 4.69) is 15.9 Å². The van der Waals surface area contributed by atoms with Gasteiger partial charge in [-0.05, 0) is 42.3 Å². The highest BCUT2D eigenvalue weighted by Crippen LogP contribution is 2.49. The number of aryl methyl sites for hydroxylation is 1. The van der Waals surface area contributed by atoms with Crippen LogP contribution < -0.4 is 0 Å². The topological polar surface area (TPSA) is 40.6 Å². The zero-order valence-corrected chi connectivity index (χ0v) is 19.1. The van der Waals surface area contributed by atoms with Gasteiger partial charge in [-0.3, -0.25) is 9.59 Å². The average Bonchev–Trinajstić information content (AvgIpc) is 3.29. The Bertz CT molecular complexity index is 1160. The van der Waals surface area contributed by atoms with E-state index >= 15 is 0 Å². The third-order valence-corrected chi connectivity index (χ3v) is 6.98. The van der Waals surface area contributed by atoms with Crippen LogP contribution >= 0.6 is 27.5 Å². The number of amides is 2. The number of fused-ring (bicyclic) bond motifs is 3. The van der Waals surface area contributed by atoms with Crippen molar-refractivity contribution in [2.45, 2.75) is 18.5 Å². The van der Waals surface area contributed by atoms with Crippen molar-refractivity contribution >= 4 is 39.3 Å². The highest BCUT2D eigenvalue weighted by molar-refractivity contribution is 9.10. The fraction of sp³-hybridized carbons (Fsp3) is 0.200. The van der Waals surface area contributed by atoms with E-state index in [-0.39, 0.29) is 11.8 Å². The summed E-state index contributed by atoms with van der Waals surface area (Å²) >= 11 is 9.60. The molecule has 0 aliphatic carbocycles. The maximum absolute atomic E-state index is 13.5. The molecule has 0 saturated carbocycles. The molecular formula is C25H20BrClN2O2. The molecule has 5 rings (SSSR count). The first-order valence-electron chi connectivity index (χ1n) is 10.2. The lowest BCUT2D eigenvalue weighted by atomic mass is 9.89. The largest absolute Gasteiger partial charge is 0.310 e. The molecule has 4 nitrogen and oxygen atoms in total.